The van der Waals surface area contributed by atoms with Gasteiger partial charge >= 0.3 is 0 Å². The van der Waals surface area contributed by atoms with E-state index in [1.165, 1.54) is 55.3 Å². The normalized spacial score (nSPS) is 10.8. The van der Waals surface area contributed by atoms with E-state index in [4.69, 9.17) is 0 Å². The van der Waals surface area contributed by atoms with Crippen molar-refractivity contribution in [2.75, 3.05) is 4.90 Å². The van der Waals surface area contributed by atoms with Gasteiger partial charge in [0, 0.05) is 21.5 Å². The molecule has 0 spiro atoms. The van der Waals surface area contributed by atoms with Gasteiger partial charge in [-0.05, 0) is 58.7 Å². The van der Waals surface area contributed by atoms with Crippen molar-refractivity contribution >= 4 is 99.5 Å². The van der Waals surface area contributed by atoms with E-state index in [-0.39, 0.29) is 0 Å². The molecule has 7 heteroatoms. The Morgan fingerprint density at radius 2 is 0.946 bits per heavy atom. The average molecular weight is 536 g/mol. The van der Waals surface area contributed by atoms with Crippen LogP contribution in [0, 0.1) is 0 Å². The van der Waals surface area contributed by atoms with Crippen molar-refractivity contribution in [2.45, 2.75) is 0 Å². The third kappa shape index (κ3) is 4.98. The van der Waals surface area contributed by atoms with Crippen LogP contribution in [-0.2, 0) is 0 Å². The van der Waals surface area contributed by atoms with E-state index in [1.807, 2.05) is 0 Å². The Morgan fingerprint density at radius 1 is 0.432 bits per heavy atom. The largest absolute Gasteiger partial charge is 0.312 e. The molecule has 0 radical (unpaired) electrons. The third-order valence-electron chi connectivity index (χ3n) is 7.68. The molecule has 37 heavy (non-hydrogen) atoms. The summed E-state index contributed by atoms with van der Waals surface area (Å²) in [5.41, 5.74) is 15.1. The quantitative estimate of drug-likeness (QED) is 0.297. The summed E-state index contributed by atoms with van der Waals surface area (Å²) in [5.74, 6) is 0. The Kier molecular flexibility index (Phi) is 7.26. The molecule has 0 unspecified atom stereocenters. The molecule has 5 aromatic rings. The molecule has 0 amide bonds. The summed E-state index contributed by atoms with van der Waals surface area (Å²) in [6, 6.07) is 36.9. The van der Waals surface area contributed by atoms with E-state index in [2.05, 4.69) is 163 Å². The first-order valence-electron chi connectivity index (χ1n) is 12.7. The number of anilines is 3. The molecule has 0 saturated carbocycles. The topological polar surface area (TPSA) is 3.24 Å². The third-order valence-corrected chi connectivity index (χ3v) is 8.17. The van der Waals surface area contributed by atoms with Gasteiger partial charge in [-0.2, -0.15) is 0 Å². The van der Waals surface area contributed by atoms with Crippen LogP contribution in [0.15, 0.2) is 108 Å². The van der Waals surface area contributed by atoms with E-state index < -0.39 is 0 Å². The first-order valence-corrected chi connectivity index (χ1v) is 13.5. The molecule has 5 aromatic carbocycles. The Balaban J connectivity index is 1.71. The van der Waals surface area contributed by atoms with Gasteiger partial charge in [0.2, 0.25) is 0 Å². The second-order valence-corrected chi connectivity index (χ2v) is 10.7. The van der Waals surface area contributed by atoms with Gasteiger partial charge in [0.1, 0.15) is 39.2 Å². The Hall–Kier alpha value is -3.30. The fourth-order valence-electron chi connectivity index (χ4n) is 5.15. The number of halogens is 1. The Labute approximate surface area is 233 Å². The molecule has 0 aliphatic carbocycles. The van der Waals surface area contributed by atoms with Crippen molar-refractivity contribution < 1.29 is 0 Å². The zero-order valence-electron chi connectivity index (χ0n) is 22.1. The van der Waals surface area contributed by atoms with Gasteiger partial charge in [-0.15, -0.1) is 5.46 Å². The Morgan fingerprint density at radius 3 is 1.57 bits per heavy atom. The minimum atomic E-state index is 1.08. The fraction of sp³-hybridized carbons (Fsp3) is 0. The van der Waals surface area contributed by atoms with Crippen LogP contribution < -0.4 is 32.2 Å². The lowest BCUT2D eigenvalue weighted by Gasteiger charge is -2.32. The Bertz CT molecular complexity index is 1560. The van der Waals surface area contributed by atoms with Crippen molar-refractivity contribution in [2.24, 2.45) is 0 Å². The highest BCUT2D eigenvalue weighted by Gasteiger charge is 2.20. The molecule has 0 saturated heterocycles. The second-order valence-electron chi connectivity index (χ2n) is 9.78. The highest BCUT2D eigenvalue weighted by Crippen LogP contribution is 2.36. The number of benzene rings is 5. The molecule has 0 N–H and O–H groups in total. The zero-order chi connectivity index (χ0) is 26.1. The molecule has 174 valence electrons. The summed E-state index contributed by atoms with van der Waals surface area (Å²) in [6.07, 6.45) is 0. The van der Waals surface area contributed by atoms with Crippen LogP contribution in [0.1, 0.15) is 0 Å². The van der Waals surface area contributed by atoms with Crippen molar-refractivity contribution in [1.29, 1.82) is 0 Å². The van der Waals surface area contributed by atoms with Crippen LogP contribution in [0.2, 0.25) is 0 Å². The first-order chi connectivity index (χ1) is 17.8. The molecule has 5 rings (SSSR count). The molecule has 0 aliphatic heterocycles. The van der Waals surface area contributed by atoms with Crippen LogP contribution in [0.3, 0.4) is 0 Å². The number of rotatable bonds is 5. The van der Waals surface area contributed by atoms with Gasteiger partial charge in [-0.1, -0.05) is 105 Å². The SMILES string of the molecule is Bc1c(B)c(B)c(N(c2ccc(-c3ccccc3)cc2)c2cccc(-c3cccc(Br)c3)c2)c(B)c1B. The predicted molar refractivity (Wildman–Crippen MR) is 181 cm³/mol. The number of nitrogens with zero attached hydrogens (tertiary/aromatic N) is 1. The van der Waals surface area contributed by atoms with E-state index in [1.54, 1.807) is 0 Å². The van der Waals surface area contributed by atoms with Crippen LogP contribution in [0.25, 0.3) is 22.3 Å². The van der Waals surface area contributed by atoms with Gasteiger partial charge in [0.15, 0.2) is 0 Å². The van der Waals surface area contributed by atoms with E-state index in [9.17, 15) is 0 Å². The standard InChI is InChI=1S/C30H27B5BrN/c31-25-26(32)28(34)30(29(35)27(25)33)37(23-14-12-19(13-15-23)18-6-2-1-3-7-18)24-11-5-9-21(17-24)20-8-4-10-22(36)16-20/h1-17H,31-35H2. The van der Waals surface area contributed by atoms with Gasteiger partial charge in [0.05, 0.1) is 0 Å². The summed E-state index contributed by atoms with van der Waals surface area (Å²) < 4.78 is 1.08. The highest BCUT2D eigenvalue weighted by molar-refractivity contribution is 9.10. The molecular formula is C30H27B5BrN. The summed E-state index contributed by atoms with van der Waals surface area (Å²) in [5, 5.41) is 0. The lowest BCUT2D eigenvalue weighted by atomic mass is 9.61. The molecule has 0 atom stereocenters. The van der Waals surface area contributed by atoms with E-state index in [0.717, 1.165) is 15.8 Å². The van der Waals surface area contributed by atoms with Crippen molar-refractivity contribution in [3.8, 4) is 22.3 Å². The molecule has 1 nitrogen and oxygen atoms in total. The molecule has 0 aromatic heterocycles. The maximum Gasteiger partial charge on any atom is 0.141 e. The second kappa shape index (κ2) is 10.6. The summed E-state index contributed by atoms with van der Waals surface area (Å²) >= 11 is 3.64. The highest BCUT2D eigenvalue weighted by atomic mass is 79.9. The van der Waals surface area contributed by atoms with Crippen LogP contribution in [-0.4, -0.2) is 39.2 Å². The number of hydrogen-bond acceptors (Lipinski definition) is 1. The molecule has 0 aliphatic rings. The van der Waals surface area contributed by atoms with Crippen molar-refractivity contribution in [3.63, 3.8) is 0 Å². The maximum atomic E-state index is 3.64. The van der Waals surface area contributed by atoms with Crippen LogP contribution in [0.5, 0.6) is 0 Å². The minimum Gasteiger partial charge on any atom is -0.312 e. The maximum absolute atomic E-state index is 3.64. The van der Waals surface area contributed by atoms with Crippen molar-refractivity contribution in [1.82, 2.24) is 0 Å². The van der Waals surface area contributed by atoms with Gasteiger partial charge in [-0.25, -0.2) is 0 Å². The zero-order valence-corrected chi connectivity index (χ0v) is 23.7. The fourth-order valence-corrected chi connectivity index (χ4v) is 5.55. The van der Waals surface area contributed by atoms with E-state index in [0.29, 0.717) is 0 Å². The lowest BCUT2D eigenvalue weighted by molar-refractivity contribution is 1.31. The van der Waals surface area contributed by atoms with E-state index >= 15 is 0 Å². The van der Waals surface area contributed by atoms with Gasteiger partial charge in [0.25, 0.3) is 0 Å². The van der Waals surface area contributed by atoms with Gasteiger partial charge in [-0.3, -0.25) is 0 Å². The monoisotopic (exact) mass is 535 g/mol. The minimum absolute atomic E-state index is 1.08. The smallest absolute Gasteiger partial charge is 0.141 e. The molecular weight excluding hydrogens is 508 g/mol. The van der Waals surface area contributed by atoms with Crippen molar-refractivity contribution in [3.05, 3.63) is 108 Å². The van der Waals surface area contributed by atoms with Gasteiger partial charge < -0.3 is 4.90 Å². The molecule has 0 bridgehead atoms. The lowest BCUT2D eigenvalue weighted by Crippen LogP contribution is -2.56. The average Bonchev–Trinajstić information content (AvgIpc) is 2.94. The summed E-state index contributed by atoms with van der Waals surface area (Å²) in [4.78, 5) is 2.43. The molecule has 0 fully saturated rings. The predicted octanol–water partition coefficient (Wildman–Crippen LogP) is 0.545. The molecule has 0 heterocycles. The van der Waals surface area contributed by atoms with Crippen LogP contribution >= 0.6 is 15.9 Å². The first kappa shape index (κ1) is 25.4. The summed E-state index contributed by atoms with van der Waals surface area (Å²) in [7, 11) is 11.2. The number of hydrogen-bond donors (Lipinski definition) is 0. The van der Waals surface area contributed by atoms with Crippen LogP contribution in [0.4, 0.5) is 17.1 Å². The summed E-state index contributed by atoms with van der Waals surface area (Å²) in [6.45, 7) is 0.